The van der Waals surface area contributed by atoms with Crippen LogP contribution >= 0.6 is 0 Å². The minimum absolute atomic E-state index is 0.0345. The smallest absolute Gasteiger partial charge is 0.259 e. The van der Waals surface area contributed by atoms with E-state index in [-0.39, 0.29) is 5.91 Å². The van der Waals surface area contributed by atoms with Crippen LogP contribution in [0.5, 0.6) is 0 Å². The van der Waals surface area contributed by atoms with Crippen LogP contribution in [0.3, 0.4) is 0 Å². The van der Waals surface area contributed by atoms with Crippen LogP contribution in [0, 0.1) is 12.8 Å². The molecule has 0 saturated carbocycles. The van der Waals surface area contributed by atoms with E-state index in [2.05, 4.69) is 17.1 Å². The Labute approximate surface area is 159 Å². The number of benzene rings is 2. The van der Waals surface area contributed by atoms with Crippen molar-refractivity contribution in [1.82, 2.24) is 15.0 Å². The fraction of sp³-hybridized carbons (Fsp3) is 0.318. The van der Waals surface area contributed by atoms with Gasteiger partial charge in [-0.15, -0.1) is 0 Å². The number of hydrogen-bond donors (Lipinski definition) is 0. The Morgan fingerprint density at radius 1 is 1.15 bits per heavy atom. The normalized spacial score (nSPS) is 17.1. The van der Waals surface area contributed by atoms with Crippen molar-refractivity contribution in [3.63, 3.8) is 0 Å². The van der Waals surface area contributed by atoms with Crippen LogP contribution in [-0.4, -0.2) is 34.0 Å². The number of rotatable bonds is 3. The molecule has 1 aliphatic heterocycles. The summed E-state index contributed by atoms with van der Waals surface area (Å²) in [5, 5.41) is 4.11. The molecule has 1 fully saturated rings. The standard InChI is InChI=1S/C22H23N3O2/c1-15-9-11-17(12-10-15)20-23-21(27-24-20)18-7-3-4-8-19(18)22(26)25-13-5-6-16(2)14-25/h3-4,7-12,16H,5-6,13-14H2,1-2H3/t16-/m0/s1. The lowest BCUT2D eigenvalue weighted by Crippen LogP contribution is -2.39. The summed E-state index contributed by atoms with van der Waals surface area (Å²) in [6.07, 6.45) is 2.22. The Morgan fingerprint density at radius 3 is 2.70 bits per heavy atom. The van der Waals surface area contributed by atoms with Gasteiger partial charge < -0.3 is 9.42 Å². The second-order valence-electron chi connectivity index (χ2n) is 7.33. The average Bonchev–Trinajstić information content (AvgIpc) is 3.18. The number of aryl methyl sites for hydroxylation is 1. The summed E-state index contributed by atoms with van der Waals surface area (Å²) in [4.78, 5) is 19.6. The fourth-order valence-corrected chi connectivity index (χ4v) is 3.55. The molecule has 0 unspecified atom stereocenters. The molecule has 4 rings (SSSR count). The lowest BCUT2D eigenvalue weighted by Gasteiger charge is -2.31. The van der Waals surface area contributed by atoms with Crippen LogP contribution in [0.15, 0.2) is 53.1 Å². The van der Waals surface area contributed by atoms with E-state index in [0.29, 0.717) is 28.8 Å². The zero-order valence-electron chi connectivity index (χ0n) is 15.7. The minimum atomic E-state index is 0.0345. The quantitative estimate of drug-likeness (QED) is 0.685. The van der Waals surface area contributed by atoms with E-state index in [9.17, 15) is 4.79 Å². The molecule has 5 nitrogen and oxygen atoms in total. The van der Waals surface area contributed by atoms with Crippen LogP contribution in [0.1, 0.15) is 35.7 Å². The number of nitrogens with zero attached hydrogens (tertiary/aromatic N) is 3. The Hall–Kier alpha value is -2.95. The molecule has 0 aliphatic carbocycles. The third kappa shape index (κ3) is 3.63. The highest BCUT2D eigenvalue weighted by Crippen LogP contribution is 2.27. The fourth-order valence-electron chi connectivity index (χ4n) is 3.55. The van der Waals surface area contributed by atoms with Crippen LogP contribution < -0.4 is 0 Å². The highest BCUT2D eigenvalue weighted by Gasteiger charge is 2.25. The molecule has 0 bridgehead atoms. The molecule has 1 amide bonds. The molecule has 5 heteroatoms. The van der Waals surface area contributed by atoms with Gasteiger partial charge in [-0.3, -0.25) is 4.79 Å². The number of amides is 1. The van der Waals surface area contributed by atoms with Gasteiger partial charge in [0.1, 0.15) is 0 Å². The lowest BCUT2D eigenvalue weighted by atomic mass is 9.98. The topological polar surface area (TPSA) is 59.2 Å². The summed E-state index contributed by atoms with van der Waals surface area (Å²) >= 11 is 0. The molecule has 1 aromatic heterocycles. The van der Waals surface area contributed by atoms with Crippen LogP contribution in [0.4, 0.5) is 0 Å². The van der Waals surface area contributed by atoms with E-state index >= 15 is 0 Å². The summed E-state index contributed by atoms with van der Waals surface area (Å²) in [6, 6.07) is 15.4. The molecule has 1 saturated heterocycles. The summed E-state index contributed by atoms with van der Waals surface area (Å²) in [5.74, 6) is 1.47. The Bertz CT molecular complexity index is 946. The van der Waals surface area contributed by atoms with E-state index in [1.54, 1.807) is 0 Å². The molecular weight excluding hydrogens is 338 g/mol. The monoisotopic (exact) mass is 361 g/mol. The zero-order chi connectivity index (χ0) is 18.8. The molecular formula is C22H23N3O2. The molecule has 2 aromatic carbocycles. The minimum Gasteiger partial charge on any atom is -0.338 e. The summed E-state index contributed by atoms with van der Waals surface area (Å²) in [6.45, 7) is 5.83. The van der Waals surface area contributed by atoms with Gasteiger partial charge in [-0.05, 0) is 37.8 Å². The molecule has 138 valence electrons. The van der Waals surface area contributed by atoms with Crippen molar-refractivity contribution in [3.05, 3.63) is 59.7 Å². The third-order valence-corrected chi connectivity index (χ3v) is 5.07. The Kier molecular flexibility index (Phi) is 4.75. The highest BCUT2D eigenvalue weighted by atomic mass is 16.5. The second kappa shape index (κ2) is 7.35. The van der Waals surface area contributed by atoms with Crippen molar-refractivity contribution in [1.29, 1.82) is 0 Å². The highest BCUT2D eigenvalue weighted by molar-refractivity contribution is 6.00. The van der Waals surface area contributed by atoms with Gasteiger partial charge in [-0.1, -0.05) is 54.0 Å². The summed E-state index contributed by atoms with van der Waals surface area (Å²) < 4.78 is 5.50. The van der Waals surface area contributed by atoms with E-state index in [1.807, 2.05) is 60.4 Å². The first-order valence-corrected chi connectivity index (χ1v) is 9.41. The average molecular weight is 361 g/mol. The van der Waals surface area contributed by atoms with Crippen molar-refractivity contribution >= 4 is 5.91 Å². The van der Waals surface area contributed by atoms with Crippen molar-refractivity contribution in [3.8, 4) is 22.8 Å². The van der Waals surface area contributed by atoms with Crippen LogP contribution in [0.25, 0.3) is 22.8 Å². The van der Waals surface area contributed by atoms with Crippen molar-refractivity contribution in [2.45, 2.75) is 26.7 Å². The predicted molar refractivity (Wildman–Crippen MR) is 104 cm³/mol. The van der Waals surface area contributed by atoms with E-state index in [4.69, 9.17) is 4.52 Å². The molecule has 1 atom stereocenters. The zero-order valence-corrected chi connectivity index (χ0v) is 15.7. The predicted octanol–water partition coefficient (Wildman–Crippen LogP) is 4.58. The molecule has 1 aliphatic rings. The number of carbonyl (C=O) groups excluding carboxylic acids is 1. The van der Waals surface area contributed by atoms with Gasteiger partial charge in [0.25, 0.3) is 11.8 Å². The first-order valence-electron chi connectivity index (χ1n) is 9.41. The van der Waals surface area contributed by atoms with Gasteiger partial charge in [-0.2, -0.15) is 4.98 Å². The number of likely N-dealkylation sites (tertiary alicyclic amines) is 1. The van der Waals surface area contributed by atoms with Crippen LogP contribution in [-0.2, 0) is 0 Å². The van der Waals surface area contributed by atoms with Gasteiger partial charge >= 0.3 is 0 Å². The Morgan fingerprint density at radius 2 is 1.93 bits per heavy atom. The van der Waals surface area contributed by atoms with E-state index < -0.39 is 0 Å². The van der Waals surface area contributed by atoms with Gasteiger partial charge in [0.05, 0.1) is 11.1 Å². The van der Waals surface area contributed by atoms with Crippen molar-refractivity contribution in [2.75, 3.05) is 13.1 Å². The lowest BCUT2D eigenvalue weighted by molar-refractivity contribution is 0.0683. The maximum absolute atomic E-state index is 13.1. The van der Waals surface area contributed by atoms with Gasteiger partial charge in [-0.25, -0.2) is 0 Å². The van der Waals surface area contributed by atoms with E-state index in [0.717, 1.165) is 25.1 Å². The Balaban J connectivity index is 1.65. The number of piperidine rings is 1. The second-order valence-corrected chi connectivity index (χ2v) is 7.33. The van der Waals surface area contributed by atoms with E-state index in [1.165, 1.54) is 12.0 Å². The molecule has 0 N–H and O–H groups in total. The first-order chi connectivity index (χ1) is 13.1. The molecule has 0 spiro atoms. The third-order valence-electron chi connectivity index (χ3n) is 5.07. The molecule has 0 radical (unpaired) electrons. The largest absolute Gasteiger partial charge is 0.338 e. The number of carbonyl (C=O) groups is 1. The molecule has 2 heterocycles. The maximum Gasteiger partial charge on any atom is 0.259 e. The summed E-state index contributed by atoms with van der Waals surface area (Å²) in [7, 11) is 0. The van der Waals surface area contributed by atoms with Crippen LogP contribution in [0.2, 0.25) is 0 Å². The van der Waals surface area contributed by atoms with Gasteiger partial charge in [0.15, 0.2) is 0 Å². The SMILES string of the molecule is Cc1ccc(-c2noc(-c3ccccc3C(=O)N3CCC[C@H](C)C3)n2)cc1. The molecule has 3 aromatic rings. The number of hydrogen-bond acceptors (Lipinski definition) is 4. The van der Waals surface area contributed by atoms with Crippen molar-refractivity contribution in [2.24, 2.45) is 5.92 Å². The number of aromatic nitrogens is 2. The maximum atomic E-state index is 13.1. The van der Waals surface area contributed by atoms with Gasteiger partial charge in [0.2, 0.25) is 5.82 Å². The first kappa shape index (κ1) is 17.5. The van der Waals surface area contributed by atoms with Gasteiger partial charge in [0, 0.05) is 18.7 Å². The summed E-state index contributed by atoms with van der Waals surface area (Å²) in [5.41, 5.74) is 3.37. The van der Waals surface area contributed by atoms with Crippen molar-refractivity contribution < 1.29 is 9.32 Å². The molecule has 27 heavy (non-hydrogen) atoms.